The first-order valence-electron chi connectivity index (χ1n) is 17.5. The third-order valence-electron chi connectivity index (χ3n) is 10.1. The Hall–Kier alpha value is -3.05. The summed E-state index contributed by atoms with van der Waals surface area (Å²) in [6, 6.07) is 22.2. The van der Waals surface area contributed by atoms with Gasteiger partial charge in [0.25, 0.3) is 0 Å². The fraction of sp³-hybridized carbons (Fsp3) is 0.429. The molecular weight excluding hydrogens is 787 g/mol. The van der Waals surface area contributed by atoms with Crippen LogP contribution >= 0.6 is 0 Å². The molecule has 0 spiro atoms. The van der Waals surface area contributed by atoms with Crippen molar-refractivity contribution in [1.82, 2.24) is 4.98 Å². The molecule has 0 amide bonds. The van der Waals surface area contributed by atoms with E-state index in [4.69, 9.17) is 9.40 Å². The second kappa shape index (κ2) is 14.8. The number of hydrogen-bond donors (Lipinski definition) is 1. The van der Waals surface area contributed by atoms with Gasteiger partial charge in [-0.2, -0.15) is 0 Å². The summed E-state index contributed by atoms with van der Waals surface area (Å²) in [5.74, 6) is 0.547. The van der Waals surface area contributed by atoms with E-state index >= 15 is 0 Å². The van der Waals surface area contributed by atoms with Crippen molar-refractivity contribution < 1.29 is 34.4 Å². The number of para-hydroxylation sites is 1. The molecule has 0 saturated heterocycles. The second-order valence-electron chi connectivity index (χ2n) is 15.1. The summed E-state index contributed by atoms with van der Waals surface area (Å²) in [5.41, 5.74) is 10.0. The van der Waals surface area contributed by atoms with Crippen molar-refractivity contribution in [3.63, 3.8) is 0 Å². The van der Waals surface area contributed by atoms with E-state index < -0.39 is 8.07 Å². The van der Waals surface area contributed by atoms with E-state index in [1.165, 1.54) is 38.9 Å². The van der Waals surface area contributed by atoms with Gasteiger partial charge in [0.15, 0.2) is 5.78 Å². The molecule has 4 nitrogen and oxygen atoms in total. The van der Waals surface area contributed by atoms with Crippen molar-refractivity contribution >= 4 is 46.7 Å². The number of aromatic nitrogens is 1. The number of ketones is 1. The largest absolute Gasteiger partial charge is 0.512 e. The number of rotatable bonds is 9. The number of aliphatic hydroxyl groups is 1. The molecule has 48 heavy (non-hydrogen) atoms. The number of nitrogens with zero attached hydrogens (tertiary/aromatic N) is 1. The normalized spacial score (nSPS) is 13.9. The van der Waals surface area contributed by atoms with Gasteiger partial charge < -0.3 is 9.52 Å². The van der Waals surface area contributed by atoms with Crippen LogP contribution in [0.2, 0.25) is 19.6 Å². The molecule has 0 saturated carbocycles. The van der Waals surface area contributed by atoms with E-state index in [-0.39, 0.29) is 48.9 Å². The number of pyridine rings is 1. The maximum Gasteiger partial charge on any atom is 0.162 e. The molecule has 1 aliphatic carbocycles. The van der Waals surface area contributed by atoms with E-state index in [1.54, 1.807) is 0 Å². The summed E-state index contributed by atoms with van der Waals surface area (Å²) < 4.78 is 6.69. The topological polar surface area (TPSA) is 63.3 Å². The van der Waals surface area contributed by atoms with Gasteiger partial charge in [0, 0.05) is 51.5 Å². The Kier molecular flexibility index (Phi) is 11.7. The molecule has 1 N–H and O–H groups in total. The zero-order chi connectivity index (χ0) is 34.3. The Bertz CT molecular complexity index is 1970. The van der Waals surface area contributed by atoms with Crippen molar-refractivity contribution in [3.05, 3.63) is 88.7 Å². The van der Waals surface area contributed by atoms with E-state index in [9.17, 15) is 9.90 Å². The summed E-state index contributed by atoms with van der Waals surface area (Å²) >= 11 is 0. The minimum Gasteiger partial charge on any atom is -0.512 e. The number of allylic oxidation sites excluding steroid dienone is 2. The van der Waals surface area contributed by atoms with E-state index in [2.05, 4.69) is 95.0 Å². The van der Waals surface area contributed by atoms with Gasteiger partial charge in [0.05, 0.1) is 16.9 Å². The molecule has 0 bridgehead atoms. The third-order valence-corrected chi connectivity index (χ3v) is 11.5. The molecular formula is C42H52IrNO3Si-. The number of fused-ring (bicyclic) bond motifs is 3. The van der Waals surface area contributed by atoms with Crippen molar-refractivity contribution in [1.29, 1.82) is 0 Å². The van der Waals surface area contributed by atoms with Crippen LogP contribution in [-0.4, -0.2) is 23.9 Å². The Balaban J connectivity index is 0.000000279. The molecule has 1 aliphatic rings. The van der Waals surface area contributed by atoms with Crippen LogP contribution in [0.15, 0.2) is 64.8 Å². The van der Waals surface area contributed by atoms with Crippen molar-refractivity contribution in [3.8, 4) is 11.3 Å². The number of carbonyl (C=O) groups excluding carboxylic acids is 1. The average molecular weight is 839 g/mol. The first kappa shape index (κ1) is 37.8. The van der Waals surface area contributed by atoms with Crippen molar-refractivity contribution in [2.24, 2.45) is 11.8 Å². The van der Waals surface area contributed by atoms with Gasteiger partial charge in [-0.25, -0.2) is 0 Å². The number of benzene rings is 3. The van der Waals surface area contributed by atoms with E-state index in [0.717, 1.165) is 65.2 Å². The van der Waals surface area contributed by atoms with Crippen LogP contribution in [0, 0.1) is 24.8 Å². The zero-order valence-electron chi connectivity index (χ0n) is 30.4. The standard InChI is InChI=1S/C29H28NOSi.C13H24O2.Ir/c1-17-11-13-20-24-25-21(14-12-19(16-32(4,5)6)28(25)31-27(17)24)29(2,3)22-15-18-9-7-8-10-23(18)30-26(20)22;1-5-10(6-2)12(14)9-13(15)11(7-3)8-4;/h7-12,14-15H,16H2,1-6H3;9-11,14H,5-8H2,1-4H3;/q-1;;/b;12-9-;. The minimum absolute atomic E-state index is 0. The Morgan fingerprint density at radius 2 is 1.58 bits per heavy atom. The molecule has 257 valence electrons. The van der Waals surface area contributed by atoms with Crippen LogP contribution in [0.4, 0.5) is 0 Å². The van der Waals surface area contributed by atoms with Gasteiger partial charge in [-0.1, -0.05) is 121 Å². The summed E-state index contributed by atoms with van der Waals surface area (Å²) in [5, 5.41) is 13.4. The summed E-state index contributed by atoms with van der Waals surface area (Å²) in [6.45, 7) is 22.1. The molecule has 0 fully saturated rings. The molecule has 6 heteroatoms. The van der Waals surface area contributed by atoms with Crippen molar-refractivity contribution in [2.45, 2.75) is 105 Å². The molecule has 3 aromatic carbocycles. The molecule has 1 radical (unpaired) electrons. The number of aryl methyl sites for hydroxylation is 1. The molecule has 0 unspecified atom stereocenters. The fourth-order valence-electron chi connectivity index (χ4n) is 7.22. The van der Waals surface area contributed by atoms with Gasteiger partial charge in [-0.05, 0) is 65.4 Å². The predicted octanol–water partition coefficient (Wildman–Crippen LogP) is 11.8. The zero-order valence-corrected chi connectivity index (χ0v) is 33.8. The number of furan rings is 1. The smallest absolute Gasteiger partial charge is 0.162 e. The molecule has 2 heterocycles. The summed E-state index contributed by atoms with van der Waals surface area (Å²) in [4.78, 5) is 16.9. The molecule has 2 aromatic heterocycles. The SMILES string of the molecule is CCC(CC)C(=O)/C=C(\O)C(CC)CC.Cc1c[c-]c2c3c1oc1c(C[Si](C)(C)C)ccc(c13)C(C)(C)c1cc3ccccc3nc1-2.[Ir]. The number of hydrogen-bond acceptors (Lipinski definition) is 4. The fourth-order valence-corrected chi connectivity index (χ4v) is 8.64. The first-order chi connectivity index (χ1) is 22.2. The Labute approximate surface area is 301 Å². The van der Waals surface area contributed by atoms with Crippen LogP contribution in [-0.2, 0) is 36.4 Å². The van der Waals surface area contributed by atoms with E-state index in [0.29, 0.717) is 0 Å². The maximum absolute atomic E-state index is 11.7. The van der Waals surface area contributed by atoms with Crippen LogP contribution < -0.4 is 0 Å². The molecule has 5 aromatic rings. The quantitative estimate of drug-likeness (QED) is 0.0695. The minimum atomic E-state index is -1.32. The van der Waals surface area contributed by atoms with Crippen LogP contribution in [0.3, 0.4) is 0 Å². The third kappa shape index (κ3) is 7.13. The van der Waals surface area contributed by atoms with Crippen LogP contribution in [0.25, 0.3) is 44.1 Å². The maximum atomic E-state index is 11.7. The van der Waals surface area contributed by atoms with E-state index in [1.807, 2.05) is 27.7 Å². The monoisotopic (exact) mass is 839 g/mol. The predicted molar refractivity (Wildman–Crippen MR) is 201 cm³/mol. The Morgan fingerprint density at radius 1 is 0.938 bits per heavy atom. The summed E-state index contributed by atoms with van der Waals surface area (Å²) in [7, 11) is -1.32. The Morgan fingerprint density at radius 3 is 2.21 bits per heavy atom. The van der Waals surface area contributed by atoms with Crippen LogP contribution in [0.5, 0.6) is 0 Å². The van der Waals surface area contributed by atoms with Gasteiger partial charge >= 0.3 is 0 Å². The molecule has 0 atom stereocenters. The molecule has 0 aliphatic heterocycles. The van der Waals surface area contributed by atoms with Crippen LogP contribution in [0.1, 0.15) is 89.5 Å². The average Bonchev–Trinajstić information content (AvgIpc) is 3.40. The molecule has 6 rings (SSSR count). The van der Waals surface area contributed by atoms with Gasteiger partial charge in [-0.15, -0.1) is 17.7 Å². The van der Waals surface area contributed by atoms with Crippen molar-refractivity contribution in [2.75, 3.05) is 0 Å². The van der Waals surface area contributed by atoms with Gasteiger partial charge in [0.2, 0.25) is 0 Å². The van der Waals surface area contributed by atoms with Gasteiger partial charge in [-0.3, -0.25) is 9.78 Å². The summed E-state index contributed by atoms with van der Waals surface area (Å²) in [6.07, 6.45) is 4.91. The first-order valence-corrected chi connectivity index (χ1v) is 21.2. The second-order valence-corrected chi connectivity index (χ2v) is 20.5. The number of aliphatic hydroxyl groups excluding tert-OH is 1. The number of carbonyl (C=O) groups is 1. The van der Waals surface area contributed by atoms with Gasteiger partial charge in [0.1, 0.15) is 5.58 Å².